The van der Waals surface area contributed by atoms with E-state index in [-0.39, 0.29) is 11.9 Å². The summed E-state index contributed by atoms with van der Waals surface area (Å²) in [5.41, 5.74) is 2.13. The molecule has 0 bridgehead atoms. The summed E-state index contributed by atoms with van der Waals surface area (Å²) < 4.78 is 27.0. The monoisotopic (exact) mass is 316 g/mol. The number of rotatable bonds is 2. The number of amides is 1. The Bertz CT molecular complexity index is 748. The molecule has 0 fully saturated rings. The molecule has 1 aliphatic rings. The van der Waals surface area contributed by atoms with Gasteiger partial charge in [0.05, 0.1) is 17.4 Å². The molecule has 0 aliphatic carbocycles. The normalized spacial score (nSPS) is 17.1. The molecule has 1 atom stereocenters. The first-order chi connectivity index (χ1) is 11.0. The largest absolute Gasteiger partial charge is 0.363 e. The number of hydrogen-bond donors (Lipinski definition) is 0. The molecular weight excluding hydrogens is 298 g/mol. The van der Waals surface area contributed by atoms with E-state index in [1.807, 2.05) is 36.1 Å². The molecule has 3 rings (SSSR count). The predicted molar refractivity (Wildman–Crippen MR) is 86.5 cm³/mol. The van der Waals surface area contributed by atoms with Gasteiger partial charge < -0.3 is 9.80 Å². The fourth-order valence-corrected chi connectivity index (χ4v) is 3.16. The van der Waals surface area contributed by atoms with Gasteiger partial charge in [0.15, 0.2) is 0 Å². The second-order valence-electron chi connectivity index (χ2n) is 5.84. The highest BCUT2D eigenvalue weighted by molar-refractivity contribution is 5.97. The van der Waals surface area contributed by atoms with Gasteiger partial charge in [-0.2, -0.15) is 0 Å². The van der Waals surface area contributed by atoms with Crippen molar-refractivity contribution in [3.8, 4) is 0 Å². The summed E-state index contributed by atoms with van der Waals surface area (Å²) in [4.78, 5) is 15.7. The molecule has 0 aromatic heterocycles. The molecule has 0 N–H and O–H groups in total. The van der Waals surface area contributed by atoms with Crippen LogP contribution in [0.2, 0.25) is 0 Å². The van der Waals surface area contributed by atoms with Crippen molar-refractivity contribution in [1.82, 2.24) is 0 Å². The first-order valence-electron chi connectivity index (χ1n) is 7.55. The number of nitrogens with zero attached hydrogens (tertiary/aromatic N) is 2. The van der Waals surface area contributed by atoms with Crippen molar-refractivity contribution in [2.24, 2.45) is 0 Å². The van der Waals surface area contributed by atoms with E-state index in [4.69, 9.17) is 0 Å². The van der Waals surface area contributed by atoms with E-state index in [1.165, 1.54) is 12.1 Å². The van der Waals surface area contributed by atoms with Crippen LogP contribution in [0.4, 0.5) is 20.2 Å². The molecule has 0 saturated heterocycles. The van der Waals surface area contributed by atoms with Crippen LogP contribution in [0, 0.1) is 11.6 Å². The zero-order chi connectivity index (χ0) is 16.6. The van der Waals surface area contributed by atoms with Crippen LogP contribution in [0.25, 0.3) is 0 Å². The topological polar surface area (TPSA) is 23.6 Å². The highest BCUT2D eigenvalue weighted by atomic mass is 19.1. The zero-order valence-corrected chi connectivity index (χ0v) is 13.1. The minimum absolute atomic E-state index is 0.0161. The minimum Gasteiger partial charge on any atom is -0.363 e. The highest BCUT2D eigenvalue weighted by Crippen LogP contribution is 2.36. The van der Waals surface area contributed by atoms with Crippen LogP contribution in [-0.4, -0.2) is 18.5 Å². The number of halogens is 2. The molecule has 0 spiro atoms. The van der Waals surface area contributed by atoms with Crippen molar-refractivity contribution in [1.29, 1.82) is 0 Å². The molecule has 2 aromatic rings. The van der Waals surface area contributed by atoms with Gasteiger partial charge in [-0.15, -0.1) is 0 Å². The molecule has 5 heteroatoms. The van der Waals surface area contributed by atoms with E-state index >= 15 is 0 Å². The third kappa shape index (κ3) is 2.91. The van der Waals surface area contributed by atoms with Crippen molar-refractivity contribution in [3.05, 3.63) is 59.7 Å². The second kappa shape index (κ2) is 5.99. The number of benzene rings is 2. The fraction of sp³-hybridized carbons (Fsp3) is 0.278. The zero-order valence-electron chi connectivity index (χ0n) is 13.1. The van der Waals surface area contributed by atoms with Gasteiger partial charge in [-0.25, -0.2) is 8.78 Å². The fourth-order valence-electron chi connectivity index (χ4n) is 3.16. The Labute approximate surface area is 134 Å². The van der Waals surface area contributed by atoms with E-state index in [0.29, 0.717) is 18.7 Å². The van der Waals surface area contributed by atoms with Crippen LogP contribution in [-0.2, 0) is 11.3 Å². The smallest absolute Gasteiger partial charge is 0.224 e. The Morgan fingerprint density at radius 1 is 1.17 bits per heavy atom. The van der Waals surface area contributed by atoms with Crippen molar-refractivity contribution < 1.29 is 13.6 Å². The molecule has 2 aromatic carbocycles. The van der Waals surface area contributed by atoms with Crippen LogP contribution < -0.4 is 9.80 Å². The molecule has 1 amide bonds. The molecule has 1 aliphatic heterocycles. The summed E-state index contributed by atoms with van der Waals surface area (Å²) in [7, 11) is 0. The third-order valence-corrected chi connectivity index (χ3v) is 4.12. The average molecular weight is 316 g/mol. The van der Waals surface area contributed by atoms with Gasteiger partial charge in [0.25, 0.3) is 0 Å². The van der Waals surface area contributed by atoms with Gasteiger partial charge in [-0.05, 0) is 25.1 Å². The maximum atomic E-state index is 14.0. The van der Waals surface area contributed by atoms with E-state index in [2.05, 4.69) is 0 Å². The molecule has 1 heterocycles. The maximum absolute atomic E-state index is 14.0. The van der Waals surface area contributed by atoms with Crippen LogP contribution in [0.5, 0.6) is 0 Å². The third-order valence-electron chi connectivity index (χ3n) is 4.12. The summed E-state index contributed by atoms with van der Waals surface area (Å²) in [6, 6.07) is 11.2. The first-order valence-corrected chi connectivity index (χ1v) is 7.55. The molecule has 23 heavy (non-hydrogen) atoms. The number of carbonyl (C=O) groups is 1. The first kappa shape index (κ1) is 15.5. The highest BCUT2D eigenvalue weighted by Gasteiger charge is 2.30. The summed E-state index contributed by atoms with van der Waals surface area (Å²) >= 11 is 0. The lowest BCUT2D eigenvalue weighted by molar-refractivity contribution is -0.117. The Balaban J connectivity index is 1.97. The van der Waals surface area contributed by atoms with Gasteiger partial charge in [-0.1, -0.05) is 18.2 Å². The van der Waals surface area contributed by atoms with Crippen LogP contribution in [0.15, 0.2) is 42.5 Å². The number of carbonyl (C=O) groups excluding carboxylic acids is 1. The molecule has 1 unspecified atom stereocenters. The van der Waals surface area contributed by atoms with E-state index in [9.17, 15) is 13.6 Å². The van der Waals surface area contributed by atoms with Gasteiger partial charge in [-0.3, -0.25) is 4.79 Å². The summed E-state index contributed by atoms with van der Waals surface area (Å²) in [5.74, 6) is -1.15. The van der Waals surface area contributed by atoms with Crippen molar-refractivity contribution >= 4 is 17.3 Å². The number of fused-ring (bicyclic) bond motifs is 1. The van der Waals surface area contributed by atoms with Crippen LogP contribution in [0.3, 0.4) is 0 Å². The molecule has 0 radical (unpaired) electrons. The van der Waals surface area contributed by atoms with Crippen molar-refractivity contribution in [2.45, 2.75) is 26.4 Å². The standard InChI is InChI=1S/C18H18F2N2O/c1-12-10-21(11-14-7-8-15(19)9-16(14)20)17-5-3-4-6-18(17)22(12)13(2)23/h3-9,12H,10-11H2,1-2H3. The van der Waals surface area contributed by atoms with Gasteiger partial charge in [0.2, 0.25) is 5.91 Å². The van der Waals surface area contributed by atoms with E-state index < -0.39 is 11.6 Å². The Hall–Kier alpha value is -2.43. The van der Waals surface area contributed by atoms with E-state index in [0.717, 1.165) is 17.4 Å². The second-order valence-corrected chi connectivity index (χ2v) is 5.84. The van der Waals surface area contributed by atoms with Crippen LogP contribution in [0.1, 0.15) is 19.4 Å². The maximum Gasteiger partial charge on any atom is 0.224 e. The summed E-state index contributed by atoms with van der Waals surface area (Å²) in [6.07, 6.45) is 0. The quantitative estimate of drug-likeness (QED) is 0.843. The van der Waals surface area contributed by atoms with Crippen molar-refractivity contribution in [2.75, 3.05) is 16.3 Å². The Kier molecular flexibility index (Phi) is 4.03. The molecule has 3 nitrogen and oxygen atoms in total. The molecular formula is C18H18F2N2O. The lowest BCUT2D eigenvalue weighted by atomic mass is 10.1. The lowest BCUT2D eigenvalue weighted by Gasteiger charge is -2.41. The lowest BCUT2D eigenvalue weighted by Crippen LogP contribution is -2.49. The molecule has 0 saturated carbocycles. The Morgan fingerprint density at radius 2 is 1.87 bits per heavy atom. The number of para-hydroxylation sites is 2. The number of anilines is 2. The van der Waals surface area contributed by atoms with Crippen molar-refractivity contribution in [3.63, 3.8) is 0 Å². The molecule has 120 valence electrons. The Morgan fingerprint density at radius 3 is 2.52 bits per heavy atom. The van der Waals surface area contributed by atoms with E-state index in [1.54, 1.807) is 11.8 Å². The average Bonchev–Trinajstić information content (AvgIpc) is 2.49. The summed E-state index contributed by atoms with van der Waals surface area (Å²) in [6.45, 7) is 4.43. The van der Waals surface area contributed by atoms with Crippen LogP contribution >= 0.6 is 0 Å². The summed E-state index contributed by atoms with van der Waals surface area (Å²) in [5, 5.41) is 0. The van der Waals surface area contributed by atoms with Gasteiger partial charge >= 0.3 is 0 Å². The predicted octanol–water partition coefficient (Wildman–Crippen LogP) is 3.73. The number of hydrogen-bond acceptors (Lipinski definition) is 2. The SMILES string of the molecule is CC(=O)N1c2ccccc2N(Cc2ccc(F)cc2F)CC1C. The minimum atomic E-state index is -0.582. The van der Waals surface area contributed by atoms with Gasteiger partial charge in [0, 0.05) is 31.6 Å². The van der Waals surface area contributed by atoms with Gasteiger partial charge in [0.1, 0.15) is 11.6 Å².